The van der Waals surface area contributed by atoms with E-state index in [-0.39, 0.29) is 0 Å². The standard InChI is InChI=1S/C15H30N2S/c1-4-17-9-8-15(12(3)11-17)16-13-6-7-14(10-13)18-5-2/h12-16H,4-11H2,1-3H3. The van der Waals surface area contributed by atoms with Crippen LogP contribution in [0.4, 0.5) is 0 Å². The average Bonchev–Trinajstić information content (AvgIpc) is 2.80. The Hall–Kier alpha value is 0.270. The third kappa shape index (κ3) is 3.88. The molecule has 1 aliphatic carbocycles. The molecule has 1 heterocycles. The number of likely N-dealkylation sites (tertiary alicyclic amines) is 1. The third-order valence-corrected chi connectivity index (χ3v) is 5.91. The van der Waals surface area contributed by atoms with Crippen LogP contribution in [0.1, 0.15) is 46.5 Å². The van der Waals surface area contributed by atoms with Crippen molar-refractivity contribution in [2.75, 3.05) is 25.4 Å². The van der Waals surface area contributed by atoms with Gasteiger partial charge < -0.3 is 10.2 Å². The molecule has 1 saturated carbocycles. The lowest BCUT2D eigenvalue weighted by Gasteiger charge is -2.38. The van der Waals surface area contributed by atoms with Crippen LogP contribution in [-0.4, -0.2) is 47.6 Å². The Morgan fingerprint density at radius 3 is 2.72 bits per heavy atom. The van der Waals surface area contributed by atoms with Crippen LogP contribution in [-0.2, 0) is 0 Å². The fourth-order valence-electron chi connectivity index (χ4n) is 3.55. The van der Waals surface area contributed by atoms with Gasteiger partial charge in [0.05, 0.1) is 0 Å². The Morgan fingerprint density at radius 2 is 2.06 bits per heavy atom. The van der Waals surface area contributed by atoms with Crippen molar-refractivity contribution in [2.24, 2.45) is 5.92 Å². The Labute approximate surface area is 117 Å². The Balaban J connectivity index is 1.73. The molecule has 1 saturated heterocycles. The zero-order chi connectivity index (χ0) is 13.0. The SMILES string of the molecule is CCSC1CCC(NC2CCN(CC)CC2C)C1. The van der Waals surface area contributed by atoms with Crippen LogP contribution in [0.2, 0.25) is 0 Å². The molecular weight excluding hydrogens is 240 g/mol. The summed E-state index contributed by atoms with van der Waals surface area (Å²) >= 11 is 2.16. The van der Waals surface area contributed by atoms with Gasteiger partial charge in [0.25, 0.3) is 0 Å². The first-order chi connectivity index (χ1) is 8.72. The molecule has 0 aromatic rings. The summed E-state index contributed by atoms with van der Waals surface area (Å²) in [4.78, 5) is 2.59. The van der Waals surface area contributed by atoms with Crippen molar-refractivity contribution < 1.29 is 0 Å². The van der Waals surface area contributed by atoms with E-state index in [2.05, 4.69) is 42.7 Å². The predicted octanol–water partition coefficient (Wildman–Crippen LogP) is 2.98. The Kier molecular flexibility index (Phi) is 5.84. The Bertz CT molecular complexity index is 247. The van der Waals surface area contributed by atoms with Gasteiger partial charge >= 0.3 is 0 Å². The number of nitrogens with one attached hydrogen (secondary N) is 1. The van der Waals surface area contributed by atoms with Crippen LogP contribution in [0.15, 0.2) is 0 Å². The highest BCUT2D eigenvalue weighted by Crippen LogP contribution is 2.31. The fourth-order valence-corrected chi connectivity index (χ4v) is 4.69. The van der Waals surface area contributed by atoms with Crippen LogP contribution < -0.4 is 5.32 Å². The van der Waals surface area contributed by atoms with Gasteiger partial charge in [-0.3, -0.25) is 0 Å². The highest BCUT2D eigenvalue weighted by Gasteiger charge is 2.30. The second-order valence-corrected chi connectivity index (χ2v) is 7.60. The monoisotopic (exact) mass is 270 g/mol. The summed E-state index contributed by atoms with van der Waals surface area (Å²) in [5.41, 5.74) is 0. The van der Waals surface area contributed by atoms with E-state index in [0.717, 1.165) is 23.3 Å². The second-order valence-electron chi connectivity index (χ2n) is 6.02. The molecule has 0 spiro atoms. The molecule has 0 bridgehead atoms. The summed E-state index contributed by atoms with van der Waals surface area (Å²) in [5.74, 6) is 2.10. The molecule has 18 heavy (non-hydrogen) atoms. The van der Waals surface area contributed by atoms with E-state index in [0.29, 0.717) is 0 Å². The van der Waals surface area contributed by atoms with E-state index in [4.69, 9.17) is 0 Å². The summed E-state index contributed by atoms with van der Waals surface area (Å²) in [6.07, 6.45) is 5.58. The molecule has 2 fully saturated rings. The molecule has 2 nitrogen and oxygen atoms in total. The summed E-state index contributed by atoms with van der Waals surface area (Å²) in [6.45, 7) is 10.8. The maximum Gasteiger partial charge on any atom is 0.0120 e. The number of hydrogen-bond acceptors (Lipinski definition) is 3. The third-order valence-electron chi connectivity index (χ3n) is 4.67. The van der Waals surface area contributed by atoms with Crippen molar-refractivity contribution in [1.82, 2.24) is 10.2 Å². The normalized spacial score (nSPS) is 38.2. The smallest absolute Gasteiger partial charge is 0.0120 e. The number of rotatable bonds is 5. The summed E-state index contributed by atoms with van der Waals surface area (Å²) in [6, 6.07) is 1.57. The molecule has 0 aromatic carbocycles. The van der Waals surface area contributed by atoms with Gasteiger partial charge in [0, 0.05) is 23.9 Å². The van der Waals surface area contributed by atoms with Crippen molar-refractivity contribution in [3.63, 3.8) is 0 Å². The van der Waals surface area contributed by atoms with Crippen LogP contribution in [0, 0.1) is 5.92 Å². The van der Waals surface area contributed by atoms with E-state index in [1.54, 1.807) is 0 Å². The number of piperidine rings is 1. The number of hydrogen-bond donors (Lipinski definition) is 1. The van der Waals surface area contributed by atoms with Crippen LogP contribution in [0.25, 0.3) is 0 Å². The quantitative estimate of drug-likeness (QED) is 0.827. The minimum atomic E-state index is 0.767. The maximum atomic E-state index is 3.96. The molecule has 3 heteroatoms. The fraction of sp³-hybridized carbons (Fsp3) is 1.00. The van der Waals surface area contributed by atoms with Crippen molar-refractivity contribution in [3.8, 4) is 0 Å². The molecule has 4 unspecified atom stereocenters. The van der Waals surface area contributed by atoms with Crippen molar-refractivity contribution in [2.45, 2.75) is 63.8 Å². The van der Waals surface area contributed by atoms with Gasteiger partial charge in [-0.05, 0) is 50.4 Å². The summed E-state index contributed by atoms with van der Waals surface area (Å²) in [7, 11) is 0. The molecular formula is C15H30N2S. The van der Waals surface area contributed by atoms with Gasteiger partial charge in [-0.25, -0.2) is 0 Å². The van der Waals surface area contributed by atoms with E-state index in [9.17, 15) is 0 Å². The maximum absolute atomic E-state index is 3.96. The van der Waals surface area contributed by atoms with E-state index in [1.165, 1.54) is 51.1 Å². The first-order valence-electron chi connectivity index (χ1n) is 7.82. The average molecular weight is 270 g/mol. The van der Waals surface area contributed by atoms with Crippen LogP contribution in [0.5, 0.6) is 0 Å². The summed E-state index contributed by atoms with van der Waals surface area (Å²) in [5, 5.41) is 4.89. The molecule has 106 valence electrons. The van der Waals surface area contributed by atoms with Crippen LogP contribution >= 0.6 is 11.8 Å². The highest BCUT2D eigenvalue weighted by atomic mass is 32.2. The molecule has 0 radical (unpaired) electrons. The molecule has 4 atom stereocenters. The topological polar surface area (TPSA) is 15.3 Å². The molecule has 0 aromatic heterocycles. The Morgan fingerprint density at radius 1 is 1.22 bits per heavy atom. The molecule has 2 rings (SSSR count). The van der Waals surface area contributed by atoms with Crippen molar-refractivity contribution >= 4 is 11.8 Å². The van der Waals surface area contributed by atoms with Gasteiger partial charge in [0.2, 0.25) is 0 Å². The van der Waals surface area contributed by atoms with Crippen LogP contribution in [0.3, 0.4) is 0 Å². The second kappa shape index (κ2) is 7.16. The lowest BCUT2D eigenvalue weighted by Crippen LogP contribution is -2.50. The first kappa shape index (κ1) is 14.7. The van der Waals surface area contributed by atoms with Gasteiger partial charge in [0.15, 0.2) is 0 Å². The lowest BCUT2D eigenvalue weighted by molar-refractivity contribution is 0.146. The molecule has 1 N–H and O–H groups in total. The first-order valence-corrected chi connectivity index (χ1v) is 8.87. The zero-order valence-electron chi connectivity index (χ0n) is 12.3. The predicted molar refractivity (Wildman–Crippen MR) is 82.4 cm³/mol. The van der Waals surface area contributed by atoms with Gasteiger partial charge in [-0.1, -0.05) is 20.8 Å². The molecule has 1 aliphatic heterocycles. The minimum Gasteiger partial charge on any atom is -0.311 e. The molecule has 2 aliphatic rings. The number of nitrogens with zero attached hydrogens (tertiary/aromatic N) is 1. The van der Waals surface area contributed by atoms with Gasteiger partial charge in [0.1, 0.15) is 0 Å². The summed E-state index contributed by atoms with van der Waals surface area (Å²) < 4.78 is 0. The highest BCUT2D eigenvalue weighted by molar-refractivity contribution is 7.99. The van der Waals surface area contributed by atoms with Gasteiger partial charge in [-0.15, -0.1) is 0 Å². The minimum absolute atomic E-state index is 0.767. The lowest BCUT2D eigenvalue weighted by atomic mass is 9.93. The largest absolute Gasteiger partial charge is 0.311 e. The van der Waals surface area contributed by atoms with E-state index < -0.39 is 0 Å². The van der Waals surface area contributed by atoms with E-state index in [1.807, 2.05) is 0 Å². The molecule has 0 amide bonds. The van der Waals surface area contributed by atoms with E-state index >= 15 is 0 Å². The van der Waals surface area contributed by atoms with Gasteiger partial charge in [-0.2, -0.15) is 11.8 Å². The zero-order valence-corrected chi connectivity index (χ0v) is 13.1. The van der Waals surface area contributed by atoms with Crippen molar-refractivity contribution in [3.05, 3.63) is 0 Å². The number of thioether (sulfide) groups is 1. The van der Waals surface area contributed by atoms with Crippen molar-refractivity contribution in [1.29, 1.82) is 0 Å².